The Morgan fingerprint density at radius 1 is 1.82 bits per heavy atom. The number of H-pyrrole nitrogens is 1. The highest BCUT2D eigenvalue weighted by Gasteiger charge is 2.05. The fourth-order valence-electron chi connectivity index (χ4n) is 0.943. The summed E-state index contributed by atoms with van der Waals surface area (Å²) in [5.74, 6) is 0.121. The summed E-state index contributed by atoms with van der Waals surface area (Å²) in [7, 11) is 0. The van der Waals surface area contributed by atoms with Crippen molar-refractivity contribution in [1.29, 1.82) is 5.26 Å². The lowest BCUT2D eigenvalue weighted by Crippen LogP contribution is -1.99. The van der Waals surface area contributed by atoms with Gasteiger partial charge < -0.3 is 4.98 Å². The SMILES string of the molecule is CCC(C#N)Cc1cnc[nH]1. The molecule has 3 heteroatoms. The average molecular weight is 149 g/mol. The highest BCUT2D eigenvalue weighted by Crippen LogP contribution is 2.07. The Labute approximate surface area is 66.1 Å². The number of aromatic nitrogens is 2. The van der Waals surface area contributed by atoms with Gasteiger partial charge in [0.1, 0.15) is 0 Å². The quantitative estimate of drug-likeness (QED) is 0.708. The summed E-state index contributed by atoms with van der Waals surface area (Å²) in [6.45, 7) is 2.02. The van der Waals surface area contributed by atoms with Crippen molar-refractivity contribution >= 4 is 0 Å². The lowest BCUT2D eigenvalue weighted by atomic mass is 10.0. The van der Waals surface area contributed by atoms with Gasteiger partial charge in [0.15, 0.2) is 0 Å². The first-order chi connectivity index (χ1) is 5.36. The van der Waals surface area contributed by atoms with Gasteiger partial charge in [-0.1, -0.05) is 6.92 Å². The Morgan fingerprint density at radius 2 is 2.64 bits per heavy atom. The molecule has 1 aromatic heterocycles. The minimum Gasteiger partial charge on any atom is -0.348 e. The molecule has 1 aromatic rings. The molecule has 0 aliphatic carbocycles. The molecule has 0 aliphatic rings. The second kappa shape index (κ2) is 3.77. The zero-order valence-electron chi connectivity index (χ0n) is 6.54. The molecule has 1 unspecified atom stereocenters. The van der Waals surface area contributed by atoms with E-state index in [1.807, 2.05) is 6.92 Å². The average Bonchev–Trinajstić information content (AvgIpc) is 2.52. The van der Waals surface area contributed by atoms with Crippen LogP contribution < -0.4 is 0 Å². The van der Waals surface area contributed by atoms with Crippen molar-refractivity contribution in [3.63, 3.8) is 0 Å². The third-order valence-electron chi connectivity index (χ3n) is 1.70. The molecular weight excluding hydrogens is 138 g/mol. The van der Waals surface area contributed by atoms with Crippen LogP contribution in [-0.4, -0.2) is 9.97 Å². The smallest absolute Gasteiger partial charge is 0.0921 e. The van der Waals surface area contributed by atoms with Gasteiger partial charge in [-0.2, -0.15) is 5.26 Å². The Kier molecular flexibility index (Phi) is 2.67. The minimum atomic E-state index is 0.121. The molecule has 0 aromatic carbocycles. The lowest BCUT2D eigenvalue weighted by molar-refractivity contribution is 0.630. The van der Waals surface area contributed by atoms with Gasteiger partial charge in [-0.05, 0) is 6.42 Å². The Hall–Kier alpha value is -1.30. The molecule has 0 fully saturated rings. The van der Waals surface area contributed by atoms with Crippen molar-refractivity contribution in [2.45, 2.75) is 19.8 Å². The summed E-state index contributed by atoms with van der Waals surface area (Å²) in [6, 6.07) is 2.24. The zero-order chi connectivity index (χ0) is 8.10. The standard InChI is InChI=1S/C8H11N3/c1-2-7(4-9)3-8-5-10-6-11-8/h5-7H,2-3H2,1H3,(H,10,11). The van der Waals surface area contributed by atoms with Crippen LogP contribution in [0.2, 0.25) is 0 Å². The van der Waals surface area contributed by atoms with Gasteiger partial charge in [0, 0.05) is 18.3 Å². The normalized spacial score (nSPS) is 12.4. The third kappa shape index (κ3) is 2.08. The first-order valence-electron chi connectivity index (χ1n) is 3.73. The van der Waals surface area contributed by atoms with Crippen LogP contribution in [0.5, 0.6) is 0 Å². The van der Waals surface area contributed by atoms with E-state index in [1.165, 1.54) is 0 Å². The van der Waals surface area contributed by atoms with Gasteiger partial charge in [-0.25, -0.2) is 4.98 Å². The minimum absolute atomic E-state index is 0.121. The number of rotatable bonds is 3. The van der Waals surface area contributed by atoms with E-state index in [4.69, 9.17) is 5.26 Å². The van der Waals surface area contributed by atoms with E-state index in [9.17, 15) is 0 Å². The number of aromatic amines is 1. The number of nitriles is 1. The third-order valence-corrected chi connectivity index (χ3v) is 1.70. The van der Waals surface area contributed by atoms with Crippen LogP contribution in [0.4, 0.5) is 0 Å². The molecule has 0 saturated heterocycles. The van der Waals surface area contributed by atoms with Crippen molar-refractivity contribution in [2.75, 3.05) is 0 Å². The summed E-state index contributed by atoms with van der Waals surface area (Å²) in [5.41, 5.74) is 1.04. The summed E-state index contributed by atoms with van der Waals surface area (Å²) in [6.07, 6.45) is 5.09. The number of nitrogens with one attached hydrogen (secondary N) is 1. The predicted molar refractivity (Wildman–Crippen MR) is 41.7 cm³/mol. The second-order valence-electron chi connectivity index (χ2n) is 2.52. The van der Waals surface area contributed by atoms with Crippen LogP contribution in [0.15, 0.2) is 12.5 Å². The summed E-state index contributed by atoms with van der Waals surface area (Å²) in [4.78, 5) is 6.85. The van der Waals surface area contributed by atoms with Gasteiger partial charge in [0.2, 0.25) is 0 Å². The van der Waals surface area contributed by atoms with E-state index in [1.54, 1.807) is 12.5 Å². The number of hydrogen-bond acceptors (Lipinski definition) is 2. The topological polar surface area (TPSA) is 52.5 Å². The summed E-state index contributed by atoms with van der Waals surface area (Å²) < 4.78 is 0. The van der Waals surface area contributed by atoms with Crippen LogP contribution >= 0.6 is 0 Å². The van der Waals surface area contributed by atoms with Crippen LogP contribution in [0, 0.1) is 17.2 Å². The van der Waals surface area contributed by atoms with E-state index in [0.29, 0.717) is 0 Å². The van der Waals surface area contributed by atoms with Gasteiger partial charge in [-0.15, -0.1) is 0 Å². The Morgan fingerprint density at radius 3 is 3.09 bits per heavy atom. The lowest BCUT2D eigenvalue weighted by Gasteiger charge is -2.01. The molecule has 11 heavy (non-hydrogen) atoms. The van der Waals surface area contributed by atoms with Gasteiger partial charge in [0.05, 0.1) is 18.3 Å². The van der Waals surface area contributed by atoms with Crippen LogP contribution in [0.25, 0.3) is 0 Å². The molecule has 3 nitrogen and oxygen atoms in total. The van der Waals surface area contributed by atoms with E-state index in [2.05, 4.69) is 16.0 Å². The Bertz CT molecular complexity index is 232. The zero-order valence-corrected chi connectivity index (χ0v) is 6.54. The van der Waals surface area contributed by atoms with Crippen molar-refractivity contribution in [1.82, 2.24) is 9.97 Å². The maximum atomic E-state index is 8.64. The predicted octanol–water partition coefficient (Wildman–Crippen LogP) is 1.50. The fraction of sp³-hybridized carbons (Fsp3) is 0.500. The molecule has 1 heterocycles. The van der Waals surface area contributed by atoms with Crippen LogP contribution in [0.1, 0.15) is 19.0 Å². The van der Waals surface area contributed by atoms with Gasteiger partial charge in [-0.3, -0.25) is 0 Å². The van der Waals surface area contributed by atoms with Crippen molar-refractivity contribution in [3.05, 3.63) is 18.2 Å². The van der Waals surface area contributed by atoms with E-state index < -0.39 is 0 Å². The molecule has 0 bridgehead atoms. The monoisotopic (exact) mass is 149 g/mol. The maximum absolute atomic E-state index is 8.64. The van der Waals surface area contributed by atoms with Crippen molar-refractivity contribution < 1.29 is 0 Å². The number of imidazole rings is 1. The second-order valence-corrected chi connectivity index (χ2v) is 2.52. The maximum Gasteiger partial charge on any atom is 0.0921 e. The van der Waals surface area contributed by atoms with Crippen LogP contribution in [0.3, 0.4) is 0 Å². The highest BCUT2D eigenvalue weighted by molar-refractivity contribution is 4.99. The first kappa shape index (κ1) is 7.80. The molecular formula is C8H11N3. The summed E-state index contributed by atoms with van der Waals surface area (Å²) >= 11 is 0. The van der Waals surface area contributed by atoms with Crippen LogP contribution in [-0.2, 0) is 6.42 Å². The molecule has 58 valence electrons. The van der Waals surface area contributed by atoms with Gasteiger partial charge >= 0.3 is 0 Å². The molecule has 0 aliphatic heterocycles. The first-order valence-corrected chi connectivity index (χ1v) is 3.73. The summed E-state index contributed by atoms with van der Waals surface area (Å²) in [5, 5.41) is 8.64. The molecule has 0 amide bonds. The molecule has 1 N–H and O–H groups in total. The number of hydrogen-bond donors (Lipinski definition) is 1. The molecule has 1 rings (SSSR count). The van der Waals surface area contributed by atoms with E-state index in [0.717, 1.165) is 18.5 Å². The molecule has 0 radical (unpaired) electrons. The van der Waals surface area contributed by atoms with Crippen molar-refractivity contribution in [3.8, 4) is 6.07 Å². The number of nitrogens with zero attached hydrogens (tertiary/aromatic N) is 2. The van der Waals surface area contributed by atoms with E-state index >= 15 is 0 Å². The highest BCUT2D eigenvalue weighted by atomic mass is 14.9. The van der Waals surface area contributed by atoms with E-state index in [-0.39, 0.29) is 5.92 Å². The largest absolute Gasteiger partial charge is 0.348 e. The fourth-order valence-corrected chi connectivity index (χ4v) is 0.943. The van der Waals surface area contributed by atoms with Gasteiger partial charge in [0.25, 0.3) is 0 Å². The van der Waals surface area contributed by atoms with Crippen molar-refractivity contribution in [2.24, 2.45) is 5.92 Å². The Balaban J connectivity index is 2.49. The molecule has 0 saturated carbocycles. The molecule has 0 spiro atoms. The molecule has 1 atom stereocenters.